The fraction of sp³-hybridized carbons (Fsp3) is 0.423. The van der Waals surface area contributed by atoms with E-state index in [1.54, 1.807) is 27.9 Å². The van der Waals surface area contributed by atoms with E-state index >= 15 is 0 Å². The van der Waals surface area contributed by atoms with Crippen LogP contribution >= 0.6 is 0 Å². The van der Waals surface area contributed by atoms with E-state index in [2.05, 4.69) is 16.2 Å². The second-order valence-electron chi connectivity index (χ2n) is 9.39. The fourth-order valence-electron chi connectivity index (χ4n) is 3.73. The number of hydrogen-bond acceptors (Lipinski definition) is 8. The Balaban J connectivity index is 1.62. The van der Waals surface area contributed by atoms with Crippen molar-refractivity contribution in [1.29, 1.82) is 0 Å². The molecule has 1 heterocycles. The lowest BCUT2D eigenvalue weighted by atomic mass is 10.0. The molecule has 194 valence electrons. The first kappa shape index (κ1) is 26.8. The summed E-state index contributed by atoms with van der Waals surface area (Å²) in [5, 5.41) is 3.25. The van der Waals surface area contributed by atoms with Crippen LogP contribution in [0.3, 0.4) is 0 Å². The number of carbonyl (C=O) groups excluding carboxylic acids is 3. The van der Waals surface area contributed by atoms with Crippen LogP contribution in [0, 0.1) is 0 Å². The Hall–Kier alpha value is -3.79. The first-order valence-corrected chi connectivity index (χ1v) is 11.7. The zero-order chi connectivity index (χ0) is 26.1. The topological polar surface area (TPSA) is 124 Å². The molecular formula is C26H33N3O7. The summed E-state index contributed by atoms with van der Waals surface area (Å²) in [5.41, 5.74) is 5.64. The third kappa shape index (κ3) is 8.46. The minimum absolute atomic E-state index is 0.0938. The summed E-state index contributed by atoms with van der Waals surface area (Å²) in [6, 6.07) is 16.3. The van der Waals surface area contributed by atoms with Crippen LogP contribution in [-0.2, 0) is 31.8 Å². The Morgan fingerprint density at radius 2 is 1.64 bits per heavy atom. The number of carbonyl (C=O) groups is 3. The van der Waals surface area contributed by atoms with Crippen LogP contribution in [0.2, 0.25) is 0 Å². The van der Waals surface area contributed by atoms with Crippen molar-refractivity contribution < 1.29 is 33.3 Å². The Morgan fingerprint density at radius 3 is 2.28 bits per heavy atom. The molecule has 1 aliphatic heterocycles. The van der Waals surface area contributed by atoms with Crippen molar-refractivity contribution in [2.24, 2.45) is 0 Å². The molecule has 3 N–H and O–H groups in total. The van der Waals surface area contributed by atoms with Gasteiger partial charge in [-0.1, -0.05) is 42.5 Å². The predicted octanol–water partition coefficient (Wildman–Crippen LogP) is 2.90. The smallest absolute Gasteiger partial charge is 0.497 e. The predicted molar refractivity (Wildman–Crippen MR) is 131 cm³/mol. The molecule has 1 saturated heterocycles. The number of nitrogens with one attached hydrogen (secondary N) is 3. The maximum absolute atomic E-state index is 12.5. The van der Waals surface area contributed by atoms with Crippen LogP contribution in [0.1, 0.15) is 31.9 Å². The summed E-state index contributed by atoms with van der Waals surface area (Å²) in [6.07, 6.45) is -2.75. The largest absolute Gasteiger partial charge is 0.509 e. The zero-order valence-electron chi connectivity index (χ0n) is 20.9. The lowest BCUT2D eigenvalue weighted by Gasteiger charge is -2.26. The summed E-state index contributed by atoms with van der Waals surface area (Å²) in [6.45, 7) is 5.45. The van der Waals surface area contributed by atoms with E-state index < -0.39 is 36.0 Å². The summed E-state index contributed by atoms with van der Waals surface area (Å²) >= 11 is 0. The fourth-order valence-corrected chi connectivity index (χ4v) is 3.73. The van der Waals surface area contributed by atoms with E-state index in [1.807, 2.05) is 54.6 Å². The van der Waals surface area contributed by atoms with E-state index in [-0.39, 0.29) is 19.0 Å². The maximum Gasteiger partial charge on any atom is 0.509 e. The second-order valence-corrected chi connectivity index (χ2v) is 9.39. The van der Waals surface area contributed by atoms with Gasteiger partial charge in [-0.2, -0.15) is 0 Å². The average molecular weight is 500 g/mol. The van der Waals surface area contributed by atoms with Gasteiger partial charge in [-0.05, 0) is 50.5 Å². The SMILES string of the molecule is COc1ccc(C[C@H]2NC[C@H](OC(=O)OC(C)(C)C)[C@H]2OC(=O)NNC(=O)Cc2ccccc2)cc1. The van der Waals surface area contributed by atoms with Crippen LogP contribution in [-0.4, -0.2) is 55.7 Å². The molecule has 1 fully saturated rings. The van der Waals surface area contributed by atoms with Crippen LogP contribution in [0.5, 0.6) is 5.75 Å². The monoisotopic (exact) mass is 499 g/mol. The standard InChI is InChI=1S/C26H33N3O7/c1-26(2,3)36-25(32)34-21-16-27-20(14-18-10-12-19(33-4)13-11-18)23(21)35-24(31)29-28-22(30)15-17-8-6-5-7-9-17/h5-13,20-21,23,27H,14-16H2,1-4H3,(H,28,30)(H,29,31)/t20-,21+,23+/m1/s1. The zero-order valence-corrected chi connectivity index (χ0v) is 20.9. The molecule has 36 heavy (non-hydrogen) atoms. The normalized spacial score (nSPS) is 19.2. The van der Waals surface area contributed by atoms with Crippen molar-refractivity contribution in [3.63, 3.8) is 0 Å². The molecule has 0 radical (unpaired) electrons. The number of methoxy groups -OCH3 is 1. The van der Waals surface area contributed by atoms with Crippen molar-refractivity contribution in [1.82, 2.24) is 16.2 Å². The van der Waals surface area contributed by atoms with Crippen molar-refractivity contribution in [2.45, 2.75) is 57.5 Å². The van der Waals surface area contributed by atoms with Crippen molar-refractivity contribution >= 4 is 18.2 Å². The quantitative estimate of drug-likeness (QED) is 0.392. The van der Waals surface area contributed by atoms with Gasteiger partial charge in [-0.25, -0.2) is 15.0 Å². The highest BCUT2D eigenvalue weighted by Crippen LogP contribution is 2.22. The number of hydrogen-bond donors (Lipinski definition) is 3. The Bertz CT molecular complexity index is 1020. The number of rotatable bonds is 7. The minimum Gasteiger partial charge on any atom is -0.497 e. The highest BCUT2D eigenvalue weighted by atomic mass is 16.7. The van der Waals surface area contributed by atoms with Crippen molar-refractivity contribution in [3.05, 3.63) is 65.7 Å². The molecule has 10 heteroatoms. The molecule has 0 spiro atoms. The van der Waals surface area contributed by atoms with Gasteiger partial charge in [-0.15, -0.1) is 0 Å². The second kappa shape index (κ2) is 12.3. The first-order valence-electron chi connectivity index (χ1n) is 11.7. The van der Waals surface area contributed by atoms with Gasteiger partial charge in [0.2, 0.25) is 5.91 Å². The Labute approximate surface area is 210 Å². The molecule has 0 aromatic heterocycles. The van der Waals surface area contributed by atoms with Gasteiger partial charge in [-0.3, -0.25) is 10.2 Å². The van der Waals surface area contributed by atoms with Gasteiger partial charge in [0.1, 0.15) is 11.4 Å². The van der Waals surface area contributed by atoms with E-state index in [0.717, 1.165) is 16.9 Å². The van der Waals surface area contributed by atoms with E-state index in [1.165, 1.54) is 0 Å². The van der Waals surface area contributed by atoms with Gasteiger partial charge in [0.25, 0.3) is 0 Å². The third-order valence-electron chi connectivity index (χ3n) is 5.35. The van der Waals surface area contributed by atoms with Crippen molar-refractivity contribution in [3.8, 4) is 5.75 Å². The van der Waals surface area contributed by atoms with Gasteiger partial charge in [0, 0.05) is 6.54 Å². The molecule has 3 rings (SSSR count). The van der Waals surface area contributed by atoms with Gasteiger partial charge >= 0.3 is 12.2 Å². The summed E-state index contributed by atoms with van der Waals surface area (Å²) in [4.78, 5) is 37.0. The Kier molecular flexibility index (Phi) is 9.13. The van der Waals surface area contributed by atoms with E-state index in [4.69, 9.17) is 18.9 Å². The third-order valence-corrected chi connectivity index (χ3v) is 5.35. The van der Waals surface area contributed by atoms with E-state index in [0.29, 0.717) is 6.42 Å². The highest BCUT2D eigenvalue weighted by Gasteiger charge is 2.42. The molecular weight excluding hydrogens is 466 g/mol. The number of amides is 2. The van der Waals surface area contributed by atoms with Crippen LogP contribution in [0.25, 0.3) is 0 Å². The lowest BCUT2D eigenvalue weighted by Crippen LogP contribution is -2.48. The summed E-state index contributed by atoms with van der Waals surface area (Å²) in [5.74, 6) is 0.321. The maximum atomic E-state index is 12.5. The molecule has 2 amide bonds. The summed E-state index contributed by atoms with van der Waals surface area (Å²) < 4.78 is 21.5. The molecule has 2 aromatic carbocycles. The molecule has 1 aliphatic rings. The van der Waals surface area contributed by atoms with Gasteiger partial charge in [0.15, 0.2) is 12.2 Å². The lowest BCUT2D eigenvalue weighted by molar-refractivity contribution is -0.121. The molecule has 0 unspecified atom stereocenters. The van der Waals surface area contributed by atoms with Gasteiger partial charge < -0.3 is 24.3 Å². The molecule has 0 aliphatic carbocycles. The average Bonchev–Trinajstić information content (AvgIpc) is 3.18. The molecule has 0 saturated carbocycles. The number of ether oxygens (including phenoxy) is 4. The highest BCUT2D eigenvalue weighted by molar-refractivity contribution is 5.81. The van der Waals surface area contributed by atoms with Crippen molar-refractivity contribution in [2.75, 3.05) is 13.7 Å². The number of benzene rings is 2. The molecule has 10 nitrogen and oxygen atoms in total. The van der Waals surface area contributed by atoms with Crippen LogP contribution in [0.4, 0.5) is 9.59 Å². The van der Waals surface area contributed by atoms with Crippen LogP contribution < -0.4 is 20.9 Å². The molecule has 0 bridgehead atoms. The van der Waals surface area contributed by atoms with Crippen LogP contribution in [0.15, 0.2) is 54.6 Å². The number of hydrazine groups is 1. The first-order chi connectivity index (χ1) is 17.1. The molecule has 2 aromatic rings. The van der Waals surface area contributed by atoms with E-state index in [9.17, 15) is 14.4 Å². The minimum atomic E-state index is -0.873. The Morgan fingerprint density at radius 1 is 0.944 bits per heavy atom. The summed E-state index contributed by atoms with van der Waals surface area (Å²) in [7, 11) is 1.59. The molecule has 3 atom stereocenters. The van der Waals surface area contributed by atoms with Gasteiger partial charge in [0.05, 0.1) is 19.6 Å².